The maximum atomic E-state index is 14.2. The van der Waals surface area contributed by atoms with Gasteiger partial charge in [-0.1, -0.05) is 43.7 Å². The molecule has 1 unspecified atom stereocenters. The summed E-state index contributed by atoms with van der Waals surface area (Å²) in [5.41, 5.74) is 2.82. The first-order valence-electron chi connectivity index (χ1n) is 12.7. The quantitative estimate of drug-likeness (QED) is 0.359. The highest BCUT2D eigenvalue weighted by molar-refractivity contribution is 7.10. The Bertz CT molecular complexity index is 1210. The summed E-state index contributed by atoms with van der Waals surface area (Å²) in [7, 11) is 0. The summed E-state index contributed by atoms with van der Waals surface area (Å²) < 4.78 is 20.0. The van der Waals surface area contributed by atoms with Crippen LogP contribution in [0.25, 0.3) is 0 Å². The molecule has 1 aliphatic heterocycles. The molecule has 0 aliphatic carbocycles. The van der Waals surface area contributed by atoms with Crippen LogP contribution in [-0.2, 0) is 11.2 Å². The second-order valence-electron chi connectivity index (χ2n) is 9.79. The molecule has 0 bridgehead atoms. The Labute approximate surface area is 222 Å². The van der Waals surface area contributed by atoms with E-state index in [-0.39, 0.29) is 36.9 Å². The summed E-state index contributed by atoms with van der Waals surface area (Å²) in [6.45, 7) is 7.26. The number of nitrogens with one attached hydrogen (secondary N) is 1. The minimum atomic E-state index is -0.436. The lowest BCUT2D eigenvalue weighted by Gasteiger charge is -2.37. The zero-order chi connectivity index (χ0) is 26.4. The maximum absolute atomic E-state index is 14.2. The highest BCUT2D eigenvalue weighted by Crippen LogP contribution is 2.34. The number of aryl methyl sites for hydroxylation is 1. The zero-order valence-corrected chi connectivity index (χ0v) is 22.4. The van der Waals surface area contributed by atoms with Gasteiger partial charge in [-0.15, -0.1) is 11.3 Å². The lowest BCUT2D eigenvalue weighted by atomic mass is 10.0. The highest BCUT2D eigenvalue weighted by atomic mass is 32.1. The first-order chi connectivity index (χ1) is 17.8. The Morgan fingerprint density at radius 3 is 2.65 bits per heavy atom. The number of nitrogens with zero attached hydrogens (tertiary/aromatic N) is 2. The number of amides is 3. The lowest BCUT2D eigenvalue weighted by Crippen LogP contribution is -2.49. The number of ether oxygens (including phenoxy) is 1. The van der Waals surface area contributed by atoms with Crippen LogP contribution in [0.2, 0.25) is 0 Å². The van der Waals surface area contributed by atoms with Crippen LogP contribution in [0.15, 0.2) is 60.0 Å². The Morgan fingerprint density at radius 1 is 1.16 bits per heavy atom. The third-order valence-corrected chi connectivity index (χ3v) is 7.54. The van der Waals surface area contributed by atoms with Crippen molar-refractivity contribution in [2.75, 3.05) is 31.6 Å². The molecule has 0 fully saturated rings. The number of rotatable bonds is 9. The number of fused-ring (bicyclic) bond motifs is 1. The van der Waals surface area contributed by atoms with Crippen molar-refractivity contribution in [1.29, 1.82) is 0 Å². The predicted molar refractivity (Wildman–Crippen MR) is 146 cm³/mol. The molecule has 3 aromatic rings. The first-order valence-corrected chi connectivity index (χ1v) is 13.6. The molecule has 196 valence electrons. The molecule has 4 rings (SSSR count). The van der Waals surface area contributed by atoms with Crippen LogP contribution in [0.1, 0.15) is 42.3 Å². The smallest absolute Gasteiger partial charge is 0.322 e. The number of thiophene rings is 1. The van der Waals surface area contributed by atoms with Crippen molar-refractivity contribution >= 4 is 29.0 Å². The van der Waals surface area contributed by atoms with Gasteiger partial charge in [-0.05, 0) is 67.0 Å². The molecule has 1 aliphatic rings. The van der Waals surface area contributed by atoms with Gasteiger partial charge in [-0.2, -0.15) is 0 Å². The number of benzene rings is 2. The summed E-state index contributed by atoms with van der Waals surface area (Å²) in [5, 5.41) is 4.94. The largest absolute Gasteiger partial charge is 0.488 e. The fraction of sp³-hybridized carbons (Fsp3) is 0.379. The SMILES string of the molecule is Cc1ccc(NC(=O)N(CCC(C)C)CC(=O)N2CCc3sccc3C2COc2ccccc2F)cc1. The van der Waals surface area contributed by atoms with E-state index in [4.69, 9.17) is 4.74 Å². The molecule has 0 radical (unpaired) electrons. The number of anilines is 1. The summed E-state index contributed by atoms with van der Waals surface area (Å²) >= 11 is 1.66. The zero-order valence-electron chi connectivity index (χ0n) is 21.6. The topological polar surface area (TPSA) is 61.9 Å². The number of hydrogen-bond donors (Lipinski definition) is 1. The van der Waals surface area contributed by atoms with Gasteiger partial charge in [0.05, 0.1) is 6.04 Å². The van der Waals surface area contributed by atoms with Gasteiger partial charge in [0, 0.05) is 23.7 Å². The van der Waals surface area contributed by atoms with Crippen LogP contribution in [-0.4, -0.2) is 48.0 Å². The third kappa shape index (κ3) is 6.89. The molecule has 37 heavy (non-hydrogen) atoms. The van der Waals surface area contributed by atoms with Crippen LogP contribution in [0.4, 0.5) is 14.9 Å². The number of carbonyl (C=O) groups excluding carboxylic acids is 2. The Morgan fingerprint density at radius 2 is 1.92 bits per heavy atom. The van der Waals surface area contributed by atoms with E-state index in [0.29, 0.717) is 24.7 Å². The average Bonchev–Trinajstić information content (AvgIpc) is 3.36. The summed E-state index contributed by atoms with van der Waals surface area (Å²) in [5.74, 6) is -0.0421. The van der Waals surface area contributed by atoms with Crippen molar-refractivity contribution < 1.29 is 18.7 Å². The number of carbonyl (C=O) groups is 2. The van der Waals surface area contributed by atoms with E-state index < -0.39 is 5.82 Å². The van der Waals surface area contributed by atoms with Crippen LogP contribution < -0.4 is 10.1 Å². The molecule has 0 saturated heterocycles. The van der Waals surface area contributed by atoms with Gasteiger partial charge in [-0.3, -0.25) is 4.79 Å². The molecule has 1 atom stereocenters. The van der Waals surface area contributed by atoms with Crippen molar-refractivity contribution in [3.63, 3.8) is 0 Å². The van der Waals surface area contributed by atoms with Gasteiger partial charge >= 0.3 is 6.03 Å². The van der Waals surface area contributed by atoms with Crippen molar-refractivity contribution in [2.24, 2.45) is 5.92 Å². The summed E-state index contributed by atoms with van der Waals surface area (Å²) in [6.07, 6.45) is 1.53. The molecular formula is C29H34FN3O3S. The van der Waals surface area contributed by atoms with E-state index in [1.165, 1.54) is 10.9 Å². The molecule has 1 aromatic heterocycles. The van der Waals surface area contributed by atoms with Crippen molar-refractivity contribution in [3.8, 4) is 5.75 Å². The van der Waals surface area contributed by atoms with Gasteiger partial charge in [0.15, 0.2) is 11.6 Å². The van der Waals surface area contributed by atoms with E-state index in [2.05, 4.69) is 19.2 Å². The van der Waals surface area contributed by atoms with Crippen LogP contribution >= 0.6 is 11.3 Å². The fourth-order valence-electron chi connectivity index (χ4n) is 4.37. The molecule has 8 heteroatoms. The molecule has 3 amide bonds. The molecule has 0 spiro atoms. The summed E-state index contributed by atoms with van der Waals surface area (Å²) in [6, 6.07) is 15.2. The molecule has 2 aromatic carbocycles. The van der Waals surface area contributed by atoms with Gasteiger partial charge in [0.2, 0.25) is 5.91 Å². The van der Waals surface area contributed by atoms with Crippen molar-refractivity contribution in [3.05, 3.63) is 81.8 Å². The predicted octanol–water partition coefficient (Wildman–Crippen LogP) is 6.28. The molecule has 6 nitrogen and oxygen atoms in total. The normalized spacial score (nSPS) is 14.8. The van der Waals surface area contributed by atoms with Gasteiger partial charge < -0.3 is 19.9 Å². The van der Waals surface area contributed by atoms with Gasteiger partial charge in [-0.25, -0.2) is 9.18 Å². The molecule has 2 heterocycles. The minimum absolute atomic E-state index is 0.0416. The van der Waals surface area contributed by atoms with E-state index in [0.717, 1.165) is 24.0 Å². The summed E-state index contributed by atoms with van der Waals surface area (Å²) in [4.78, 5) is 31.4. The van der Waals surface area contributed by atoms with E-state index in [9.17, 15) is 14.0 Å². The first kappa shape index (κ1) is 26.7. The Hall–Kier alpha value is -3.39. The molecular weight excluding hydrogens is 489 g/mol. The molecule has 0 saturated carbocycles. The number of urea groups is 1. The van der Waals surface area contributed by atoms with Gasteiger partial charge in [0.25, 0.3) is 0 Å². The molecule has 1 N–H and O–H groups in total. The highest BCUT2D eigenvalue weighted by Gasteiger charge is 2.33. The Balaban J connectivity index is 1.50. The van der Waals surface area contributed by atoms with Crippen molar-refractivity contribution in [1.82, 2.24) is 9.80 Å². The maximum Gasteiger partial charge on any atom is 0.322 e. The minimum Gasteiger partial charge on any atom is -0.488 e. The van der Waals surface area contributed by atoms with E-state index in [1.807, 2.05) is 42.6 Å². The lowest BCUT2D eigenvalue weighted by molar-refractivity contribution is -0.135. The average molecular weight is 524 g/mol. The van der Waals surface area contributed by atoms with Crippen LogP contribution in [0, 0.1) is 18.7 Å². The van der Waals surface area contributed by atoms with Gasteiger partial charge in [0.1, 0.15) is 13.2 Å². The van der Waals surface area contributed by atoms with Crippen LogP contribution in [0.5, 0.6) is 5.75 Å². The number of hydrogen-bond acceptors (Lipinski definition) is 4. The fourth-order valence-corrected chi connectivity index (χ4v) is 5.29. The van der Waals surface area contributed by atoms with E-state index in [1.54, 1.807) is 39.3 Å². The standard InChI is InChI=1S/C29H34FN3O3S/c1-20(2)12-15-32(29(35)31-22-10-8-21(3)9-11-22)18-28(34)33-16-13-27-23(14-17-37-27)25(33)19-36-26-7-5-4-6-24(26)30/h4-11,14,17,20,25H,12-13,15-16,18-19H2,1-3H3,(H,31,35). The van der Waals surface area contributed by atoms with Crippen molar-refractivity contribution in [2.45, 2.75) is 39.7 Å². The monoisotopic (exact) mass is 523 g/mol. The second-order valence-corrected chi connectivity index (χ2v) is 10.8. The number of para-hydroxylation sites is 1. The van der Waals surface area contributed by atoms with E-state index >= 15 is 0 Å². The van der Waals surface area contributed by atoms with Crippen LogP contribution in [0.3, 0.4) is 0 Å². The Kier molecular flexibility index (Phi) is 8.82. The second kappa shape index (κ2) is 12.2. The number of halogens is 1. The third-order valence-electron chi connectivity index (χ3n) is 6.54.